The second kappa shape index (κ2) is 7.50. The summed E-state index contributed by atoms with van der Waals surface area (Å²) < 4.78 is 0.274. The molecule has 0 atom stereocenters. The molecule has 1 heterocycles. The van der Waals surface area contributed by atoms with Crippen molar-refractivity contribution in [1.29, 1.82) is 0 Å². The number of carbonyl (C=O) groups is 2. The molecule has 0 radical (unpaired) electrons. The normalized spacial score (nSPS) is 15.7. The highest BCUT2D eigenvalue weighted by molar-refractivity contribution is 8.26. The van der Waals surface area contributed by atoms with E-state index in [0.29, 0.717) is 4.91 Å². The van der Waals surface area contributed by atoms with Crippen LogP contribution in [-0.2, 0) is 16.0 Å². The van der Waals surface area contributed by atoms with Crippen molar-refractivity contribution in [2.45, 2.75) is 6.42 Å². The van der Waals surface area contributed by atoms with Gasteiger partial charge in [-0.1, -0.05) is 54.2 Å². The van der Waals surface area contributed by atoms with E-state index in [-0.39, 0.29) is 28.3 Å². The number of hydrazine groups is 1. The largest absolute Gasteiger partial charge is 0.508 e. The summed E-state index contributed by atoms with van der Waals surface area (Å²) in [5, 5.41) is 10.4. The fourth-order valence-corrected chi connectivity index (χ4v) is 3.41. The van der Waals surface area contributed by atoms with Crippen LogP contribution in [0.2, 0.25) is 0 Å². The zero-order valence-corrected chi connectivity index (χ0v) is 14.6. The van der Waals surface area contributed by atoms with E-state index in [4.69, 9.17) is 12.2 Å². The molecule has 7 heteroatoms. The summed E-state index contributed by atoms with van der Waals surface area (Å²) in [6.45, 7) is 0. The van der Waals surface area contributed by atoms with E-state index in [1.54, 1.807) is 18.2 Å². The Labute approximate surface area is 154 Å². The predicted molar refractivity (Wildman–Crippen MR) is 101 cm³/mol. The maximum absolute atomic E-state index is 12.5. The minimum atomic E-state index is -0.371. The monoisotopic (exact) mass is 370 g/mol. The number of nitrogens with one attached hydrogen (secondary N) is 1. The van der Waals surface area contributed by atoms with Crippen LogP contribution in [0.4, 0.5) is 0 Å². The van der Waals surface area contributed by atoms with E-state index in [1.165, 1.54) is 12.1 Å². The number of thioether (sulfide) groups is 1. The van der Waals surface area contributed by atoms with Gasteiger partial charge in [0.05, 0.1) is 11.3 Å². The first-order chi connectivity index (χ1) is 12.0. The van der Waals surface area contributed by atoms with Crippen LogP contribution < -0.4 is 5.43 Å². The Morgan fingerprint density at radius 2 is 1.84 bits per heavy atom. The first kappa shape index (κ1) is 17.2. The van der Waals surface area contributed by atoms with Gasteiger partial charge in [0.1, 0.15) is 5.75 Å². The number of hydrogen-bond donors (Lipinski definition) is 2. The topological polar surface area (TPSA) is 69.6 Å². The van der Waals surface area contributed by atoms with Crippen molar-refractivity contribution < 1.29 is 14.7 Å². The Balaban J connectivity index is 1.69. The fourth-order valence-electron chi connectivity index (χ4n) is 2.23. The summed E-state index contributed by atoms with van der Waals surface area (Å²) in [5.74, 6) is -0.532. The van der Waals surface area contributed by atoms with Gasteiger partial charge in [-0.15, -0.1) is 0 Å². The quantitative estimate of drug-likeness (QED) is 0.640. The minimum Gasteiger partial charge on any atom is -0.508 e. The van der Waals surface area contributed by atoms with E-state index in [1.807, 2.05) is 30.3 Å². The molecule has 0 bridgehead atoms. The van der Waals surface area contributed by atoms with Crippen LogP contribution in [0.1, 0.15) is 11.1 Å². The zero-order chi connectivity index (χ0) is 17.8. The van der Waals surface area contributed by atoms with Crippen molar-refractivity contribution in [2.75, 3.05) is 0 Å². The predicted octanol–water partition coefficient (Wildman–Crippen LogP) is 2.87. The molecular formula is C18H14N2O3S2. The number of thiocarbonyl (C=S) groups is 1. The third-order valence-electron chi connectivity index (χ3n) is 3.43. The molecule has 25 heavy (non-hydrogen) atoms. The molecule has 1 aliphatic rings. The summed E-state index contributed by atoms with van der Waals surface area (Å²) in [6.07, 6.45) is 1.83. The highest BCUT2D eigenvalue weighted by Gasteiger charge is 2.33. The molecular weight excluding hydrogens is 356 g/mol. The van der Waals surface area contributed by atoms with Crippen molar-refractivity contribution in [3.05, 3.63) is 70.6 Å². The Morgan fingerprint density at radius 1 is 1.16 bits per heavy atom. The Kier molecular flexibility index (Phi) is 5.16. The van der Waals surface area contributed by atoms with Crippen molar-refractivity contribution >= 4 is 46.2 Å². The zero-order valence-electron chi connectivity index (χ0n) is 13.0. The minimum absolute atomic E-state index is 0.151. The SMILES string of the molecule is O=C(Cc1ccccc1)NN1C(=O)C(=Cc2ccc(O)cc2)SC1=S. The Morgan fingerprint density at radius 3 is 2.52 bits per heavy atom. The van der Waals surface area contributed by atoms with Crippen LogP contribution in [0.3, 0.4) is 0 Å². The van der Waals surface area contributed by atoms with Crippen molar-refractivity contribution in [1.82, 2.24) is 10.4 Å². The molecule has 5 nitrogen and oxygen atoms in total. The first-order valence-corrected chi connectivity index (χ1v) is 8.66. The molecule has 3 rings (SSSR count). The van der Waals surface area contributed by atoms with E-state index in [0.717, 1.165) is 27.9 Å². The molecule has 2 amide bonds. The number of phenolic OH excluding ortho intramolecular Hbond substituents is 1. The first-order valence-electron chi connectivity index (χ1n) is 7.43. The summed E-state index contributed by atoms with van der Waals surface area (Å²) in [7, 11) is 0. The van der Waals surface area contributed by atoms with Gasteiger partial charge < -0.3 is 5.11 Å². The highest BCUT2D eigenvalue weighted by atomic mass is 32.2. The number of carbonyl (C=O) groups excluding carboxylic acids is 2. The smallest absolute Gasteiger partial charge is 0.285 e. The van der Waals surface area contributed by atoms with Gasteiger partial charge in [-0.2, -0.15) is 5.01 Å². The second-order valence-electron chi connectivity index (χ2n) is 5.31. The summed E-state index contributed by atoms with van der Waals surface area (Å²) in [6, 6.07) is 15.7. The number of hydrogen-bond acceptors (Lipinski definition) is 5. The molecule has 126 valence electrons. The van der Waals surface area contributed by atoms with Gasteiger partial charge in [0.2, 0.25) is 5.91 Å². The lowest BCUT2D eigenvalue weighted by Gasteiger charge is -2.15. The van der Waals surface area contributed by atoms with Gasteiger partial charge in [-0.05, 0) is 41.6 Å². The third kappa shape index (κ3) is 4.26. The number of amides is 2. The van der Waals surface area contributed by atoms with Crippen LogP contribution in [-0.4, -0.2) is 26.3 Å². The molecule has 0 unspecified atom stereocenters. The molecule has 1 fully saturated rings. The van der Waals surface area contributed by atoms with Gasteiger partial charge in [0, 0.05) is 0 Å². The van der Waals surface area contributed by atoms with E-state index in [2.05, 4.69) is 5.43 Å². The molecule has 1 saturated heterocycles. The van der Waals surface area contributed by atoms with E-state index < -0.39 is 0 Å². The lowest BCUT2D eigenvalue weighted by Crippen LogP contribution is -2.45. The molecule has 1 aliphatic heterocycles. The van der Waals surface area contributed by atoms with Crippen LogP contribution in [0.5, 0.6) is 5.75 Å². The van der Waals surface area contributed by atoms with Gasteiger partial charge in [0.25, 0.3) is 5.91 Å². The number of benzene rings is 2. The maximum atomic E-state index is 12.5. The molecule has 0 saturated carbocycles. The van der Waals surface area contributed by atoms with Crippen LogP contribution in [0, 0.1) is 0 Å². The van der Waals surface area contributed by atoms with Gasteiger partial charge in [-0.3, -0.25) is 15.0 Å². The highest BCUT2D eigenvalue weighted by Crippen LogP contribution is 2.31. The van der Waals surface area contributed by atoms with Crippen LogP contribution >= 0.6 is 24.0 Å². The van der Waals surface area contributed by atoms with Crippen LogP contribution in [0.25, 0.3) is 6.08 Å². The average molecular weight is 370 g/mol. The second-order valence-corrected chi connectivity index (χ2v) is 6.98. The van der Waals surface area contributed by atoms with Crippen LogP contribution in [0.15, 0.2) is 59.5 Å². The number of aromatic hydroxyl groups is 1. The standard InChI is InChI=1S/C18H14N2O3S2/c21-14-8-6-13(7-9-14)10-15-17(23)20(18(24)25-15)19-16(22)11-12-4-2-1-3-5-12/h1-10,21H,11H2,(H,19,22). The average Bonchev–Trinajstić information content (AvgIpc) is 2.85. The molecule has 0 spiro atoms. The van der Waals surface area contributed by atoms with Crippen molar-refractivity contribution in [3.63, 3.8) is 0 Å². The Bertz CT molecular complexity index is 848. The lowest BCUT2D eigenvalue weighted by molar-refractivity contribution is -0.132. The number of nitrogens with zero attached hydrogens (tertiary/aromatic N) is 1. The summed E-state index contributed by atoms with van der Waals surface area (Å²) in [4.78, 5) is 25.0. The number of phenols is 1. The van der Waals surface area contributed by atoms with Gasteiger partial charge in [-0.25, -0.2) is 0 Å². The summed E-state index contributed by atoms with van der Waals surface area (Å²) >= 11 is 6.31. The third-order valence-corrected chi connectivity index (χ3v) is 4.73. The molecule has 2 aromatic rings. The van der Waals surface area contributed by atoms with E-state index >= 15 is 0 Å². The Hall–Kier alpha value is -2.64. The molecule has 0 aliphatic carbocycles. The molecule has 2 N–H and O–H groups in total. The lowest BCUT2D eigenvalue weighted by atomic mass is 10.1. The van der Waals surface area contributed by atoms with Gasteiger partial charge in [0.15, 0.2) is 4.32 Å². The molecule has 0 aromatic heterocycles. The number of rotatable bonds is 4. The maximum Gasteiger partial charge on any atom is 0.285 e. The van der Waals surface area contributed by atoms with E-state index in [9.17, 15) is 14.7 Å². The van der Waals surface area contributed by atoms with Gasteiger partial charge >= 0.3 is 0 Å². The van der Waals surface area contributed by atoms with Crippen molar-refractivity contribution in [2.24, 2.45) is 0 Å². The summed E-state index contributed by atoms with van der Waals surface area (Å²) in [5.41, 5.74) is 4.16. The molecule has 2 aromatic carbocycles. The fraction of sp³-hybridized carbons (Fsp3) is 0.0556. The van der Waals surface area contributed by atoms with Crippen molar-refractivity contribution in [3.8, 4) is 5.75 Å².